The third kappa shape index (κ3) is 4.90. The standard InChI is InChI=1S/C30H31N5O4S/c1-3-24(36)32-20-10-7-11-21(20)33-28(37)27-26-25-23(14-15-31-29(25)40-27)35(30(38)34-26)22-13-12-19(16-17(22)2)39-18-8-5-4-6-9-18/h4-6,8-9,12-16,20-21,28,33,37H,3,7,10-11H2,1-2H3,(H,32,36)(H,34,38)/t20-,21-,28?/m1/s1. The number of aromatic nitrogens is 1. The molecular formula is C30H31N5O4S. The van der Waals surface area contributed by atoms with Crippen LogP contribution >= 0.6 is 11.3 Å². The van der Waals surface area contributed by atoms with Crippen molar-refractivity contribution in [2.24, 2.45) is 0 Å². The summed E-state index contributed by atoms with van der Waals surface area (Å²) in [6.07, 6.45) is 3.76. The highest BCUT2D eigenvalue weighted by Crippen LogP contribution is 2.48. The van der Waals surface area contributed by atoms with Gasteiger partial charge in [0.2, 0.25) is 5.91 Å². The van der Waals surface area contributed by atoms with Crippen molar-refractivity contribution < 1.29 is 19.4 Å². The molecule has 4 aromatic rings. The van der Waals surface area contributed by atoms with Crippen LogP contribution in [0.2, 0.25) is 0 Å². The summed E-state index contributed by atoms with van der Waals surface area (Å²) in [5.74, 6) is 1.42. The van der Waals surface area contributed by atoms with Crippen LogP contribution in [-0.4, -0.2) is 34.1 Å². The minimum absolute atomic E-state index is 0.00120. The smallest absolute Gasteiger partial charge is 0.331 e. The van der Waals surface area contributed by atoms with E-state index in [1.807, 2.05) is 68.4 Å². The van der Waals surface area contributed by atoms with E-state index in [1.165, 1.54) is 11.3 Å². The lowest BCUT2D eigenvalue weighted by Crippen LogP contribution is -2.47. The van der Waals surface area contributed by atoms with Crippen LogP contribution in [0.25, 0.3) is 10.2 Å². The van der Waals surface area contributed by atoms with Crippen molar-refractivity contribution in [2.45, 2.75) is 57.8 Å². The third-order valence-electron chi connectivity index (χ3n) is 7.46. The van der Waals surface area contributed by atoms with Gasteiger partial charge in [0.15, 0.2) is 0 Å². The van der Waals surface area contributed by atoms with Gasteiger partial charge in [-0.15, -0.1) is 11.3 Å². The number of carbonyl (C=O) groups is 2. The van der Waals surface area contributed by atoms with Gasteiger partial charge in [-0.2, -0.15) is 0 Å². The van der Waals surface area contributed by atoms with Crippen molar-refractivity contribution in [2.75, 3.05) is 10.2 Å². The Hall–Kier alpha value is -3.99. The van der Waals surface area contributed by atoms with Crippen LogP contribution in [0.1, 0.15) is 49.3 Å². The molecule has 1 unspecified atom stereocenters. The number of urea groups is 1. The Balaban J connectivity index is 1.29. The highest BCUT2D eigenvalue weighted by molar-refractivity contribution is 7.19. The second-order valence-corrected chi connectivity index (χ2v) is 11.1. The molecule has 3 atom stereocenters. The molecule has 9 nitrogen and oxygen atoms in total. The maximum atomic E-state index is 13.6. The zero-order valence-electron chi connectivity index (χ0n) is 22.3. The van der Waals surface area contributed by atoms with Gasteiger partial charge in [0.25, 0.3) is 0 Å². The number of anilines is 3. The average molecular weight is 558 g/mol. The molecule has 40 heavy (non-hydrogen) atoms. The van der Waals surface area contributed by atoms with Gasteiger partial charge in [0, 0.05) is 24.7 Å². The fraction of sp³-hybridized carbons (Fsp3) is 0.300. The molecule has 6 rings (SSSR count). The van der Waals surface area contributed by atoms with Crippen LogP contribution in [-0.2, 0) is 4.79 Å². The lowest BCUT2D eigenvalue weighted by molar-refractivity contribution is -0.121. The van der Waals surface area contributed by atoms with Gasteiger partial charge >= 0.3 is 6.03 Å². The van der Waals surface area contributed by atoms with Crippen LogP contribution < -0.4 is 25.6 Å². The molecule has 2 aromatic heterocycles. The molecule has 0 saturated heterocycles. The first kappa shape index (κ1) is 26.2. The van der Waals surface area contributed by atoms with E-state index in [2.05, 4.69) is 20.9 Å². The Morgan fingerprint density at radius 1 is 1.15 bits per heavy atom. The van der Waals surface area contributed by atoms with E-state index >= 15 is 0 Å². The van der Waals surface area contributed by atoms with Gasteiger partial charge in [-0.3, -0.25) is 15.0 Å². The zero-order valence-corrected chi connectivity index (χ0v) is 23.1. The number of rotatable bonds is 8. The predicted molar refractivity (Wildman–Crippen MR) is 156 cm³/mol. The summed E-state index contributed by atoms with van der Waals surface area (Å²) in [7, 11) is 0. The Morgan fingerprint density at radius 2 is 1.95 bits per heavy atom. The van der Waals surface area contributed by atoms with Crippen LogP contribution in [0.4, 0.5) is 21.9 Å². The SMILES string of the molecule is CCC(=O)N[C@@H]1CCC[C@H]1NC(O)c1sc2nccc3c2c1NC(=O)N3c1ccc(Oc2ccccc2)cc1C. The number of aliphatic hydroxyl groups excluding tert-OH is 1. The zero-order chi connectivity index (χ0) is 27.8. The fourth-order valence-corrected chi connectivity index (χ4v) is 6.59. The molecule has 206 valence electrons. The van der Waals surface area contributed by atoms with Crippen molar-refractivity contribution in [1.82, 2.24) is 15.6 Å². The molecule has 3 heterocycles. The van der Waals surface area contributed by atoms with E-state index in [0.29, 0.717) is 28.4 Å². The lowest BCUT2D eigenvalue weighted by atomic mass is 10.1. The van der Waals surface area contributed by atoms with Crippen molar-refractivity contribution in [3.63, 3.8) is 0 Å². The molecule has 1 aliphatic carbocycles. The second-order valence-electron chi connectivity index (χ2n) is 10.1. The van der Waals surface area contributed by atoms with Crippen molar-refractivity contribution in [1.29, 1.82) is 0 Å². The van der Waals surface area contributed by atoms with E-state index < -0.39 is 6.23 Å². The number of para-hydroxylation sites is 1. The largest absolute Gasteiger partial charge is 0.457 e. The van der Waals surface area contributed by atoms with E-state index in [4.69, 9.17) is 4.74 Å². The number of aliphatic hydroxyl groups is 1. The average Bonchev–Trinajstić information content (AvgIpc) is 3.55. The number of aryl methyl sites for hydroxylation is 1. The van der Waals surface area contributed by atoms with Gasteiger partial charge in [-0.05, 0) is 68.1 Å². The monoisotopic (exact) mass is 557 g/mol. The van der Waals surface area contributed by atoms with Gasteiger partial charge in [-0.25, -0.2) is 9.78 Å². The van der Waals surface area contributed by atoms with E-state index in [1.54, 1.807) is 11.1 Å². The summed E-state index contributed by atoms with van der Waals surface area (Å²) in [5.41, 5.74) is 2.86. The van der Waals surface area contributed by atoms with E-state index in [0.717, 1.165) is 46.5 Å². The van der Waals surface area contributed by atoms with Crippen LogP contribution in [0.15, 0.2) is 60.8 Å². The summed E-state index contributed by atoms with van der Waals surface area (Å²) in [6.45, 7) is 3.77. The number of amides is 3. The maximum absolute atomic E-state index is 13.6. The first-order valence-electron chi connectivity index (χ1n) is 13.5. The van der Waals surface area contributed by atoms with Gasteiger partial charge in [0.1, 0.15) is 22.6 Å². The number of hydrogen-bond acceptors (Lipinski definition) is 7. The molecule has 0 bridgehead atoms. The van der Waals surface area contributed by atoms with Crippen LogP contribution in [0.3, 0.4) is 0 Å². The van der Waals surface area contributed by atoms with Crippen LogP contribution in [0.5, 0.6) is 11.5 Å². The molecule has 1 fully saturated rings. The molecular weight excluding hydrogens is 526 g/mol. The third-order valence-corrected chi connectivity index (χ3v) is 8.62. The van der Waals surface area contributed by atoms with Gasteiger partial charge < -0.3 is 20.5 Å². The molecule has 10 heteroatoms. The van der Waals surface area contributed by atoms with E-state index in [-0.39, 0.29) is 24.0 Å². The second kappa shape index (κ2) is 10.9. The fourth-order valence-electron chi connectivity index (χ4n) is 5.52. The summed E-state index contributed by atoms with van der Waals surface area (Å²) in [5, 5.41) is 21.4. The van der Waals surface area contributed by atoms with Crippen molar-refractivity contribution in [3.8, 4) is 11.5 Å². The number of nitrogens with one attached hydrogen (secondary N) is 3. The highest BCUT2D eigenvalue weighted by atomic mass is 32.1. The molecule has 1 saturated carbocycles. The van der Waals surface area contributed by atoms with E-state index in [9.17, 15) is 14.7 Å². The van der Waals surface area contributed by atoms with Crippen LogP contribution in [0, 0.1) is 6.92 Å². The highest BCUT2D eigenvalue weighted by Gasteiger charge is 2.35. The van der Waals surface area contributed by atoms with Crippen molar-refractivity contribution in [3.05, 3.63) is 71.2 Å². The molecule has 1 aliphatic heterocycles. The summed E-state index contributed by atoms with van der Waals surface area (Å²) >= 11 is 1.35. The molecule has 2 aromatic carbocycles. The normalized spacial score (nSPS) is 19.0. The Morgan fingerprint density at radius 3 is 2.73 bits per heavy atom. The maximum Gasteiger partial charge on any atom is 0.331 e. The van der Waals surface area contributed by atoms with Gasteiger partial charge in [0.05, 0.1) is 27.3 Å². The number of pyridine rings is 1. The predicted octanol–water partition coefficient (Wildman–Crippen LogP) is 6.11. The number of ether oxygens (including phenoxy) is 1. The minimum atomic E-state index is -1.02. The van der Waals surface area contributed by atoms with Crippen molar-refractivity contribution >= 4 is 50.6 Å². The molecule has 0 spiro atoms. The minimum Gasteiger partial charge on any atom is -0.457 e. The summed E-state index contributed by atoms with van der Waals surface area (Å²) < 4.78 is 5.98. The first-order valence-corrected chi connectivity index (χ1v) is 14.3. The number of carbonyl (C=O) groups excluding carboxylic acids is 2. The molecule has 4 N–H and O–H groups in total. The molecule has 2 aliphatic rings. The topological polar surface area (TPSA) is 116 Å². The lowest BCUT2D eigenvalue weighted by Gasteiger charge is -2.30. The Kier molecular flexibility index (Phi) is 7.14. The first-order chi connectivity index (χ1) is 19.4. The Bertz CT molecular complexity index is 1570. The number of thiophene rings is 1. The Labute approximate surface area is 236 Å². The quantitative estimate of drug-likeness (QED) is 0.194. The number of hydrogen-bond donors (Lipinski definition) is 4. The summed E-state index contributed by atoms with van der Waals surface area (Å²) in [4.78, 5) is 33.0. The molecule has 0 radical (unpaired) electrons. The molecule has 3 amide bonds. The summed E-state index contributed by atoms with van der Waals surface area (Å²) in [6, 6.07) is 16.6. The van der Waals surface area contributed by atoms with Gasteiger partial charge in [-0.1, -0.05) is 25.1 Å². The number of nitrogens with zero attached hydrogens (tertiary/aromatic N) is 2. The number of benzene rings is 2.